The molecule has 0 aliphatic heterocycles. The normalized spacial score (nSPS) is 11.3. The molecule has 0 rings (SSSR count). The Labute approximate surface area is 77.1 Å². The van der Waals surface area contributed by atoms with Crippen molar-refractivity contribution in [2.24, 2.45) is 5.41 Å². The van der Waals surface area contributed by atoms with E-state index in [9.17, 15) is 0 Å². The highest BCUT2D eigenvalue weighted by atomic mass is 14.0. The third kappa shape index (κ3) is 9.30. The molecule has 0 bridgehead atoms. The Bertz CT molecular complexity index is 180. The minimum absolute atomic E-state index is 0.134. The maximum Gasteiger partial charge on any atom is 0.0233 e. The van der Waals surface area contributed by atoms with E-state index in [1.165, 1.54) is 12.8 Å². The van der Waals surface area contributed by atoms with Crippen LogP contribution in [0.5, 0.6) is 0 Å². The lowest BCUT2D eigenvalue weighted by Crippen LogP contribution is -1.98. The van der Waals surface area contributed by atoms with Crippen LogP contribution >= 0.6 is 0 Å². The summed E-state index contributed by atoms with van der Waals surface area (Å²) >= 11 is 0. The van der Waals surface area contributed by atoms with Crippen molar-refractivity contribution >= 4 is 0 Å². The topological polar surface area (TPSA) is 0 Å². The fourth-order valence-electron chi connectivity index (χ4n) is 0.722. The molecule has 0 N–H and O–H groups in total. The second-order valence-corrected chi connectivity index (χ2v) is 4.06. The molecule has 0 aromatic carbocycles. The van der Waals surface area contributed by atoms with Gasteiger partial charge in [-0.25, -0.2) is 0 Å². The minimum Gasteiger partial charge on any atom is -0.0926 e. The molecule has 0 spiro atoms. The summed E-state index contributed by atoms with van der Waals surface area (Å²) in [6, 6.07) is 0. The maximum absolute atomic E-state index is 3.16. The van der Waals surface area contributed by atoms with Crippen molar-refractivity contribution < 1.29 is 0 Å². The van der Waals surface area contributed by atoms with E-state index in [2.05, 4.69) is 45.6 Å². The zero-order valence-corrected chi connectivity index (χ0v) is 8.78. The van der Waals surface area contributed by atoms with Crippen LogP contribution in [0.3, 0.4) is 0 Å². The largest absolute Gasteiger partial charge is 0.0926 e. The third-order valence-electron chi connectivity index (χ3n) is 1.37. The van der Waals surface area contributed by atoms with Crippen molar-refractivity contribution in [3.05, 3.63) is 12.2 Å². The molecule has 68 valence electrons. The van der Waals surface area contributed by atoms with Gasteiger partial charge in [-0.2, -0.15) is 0 Å². The molecule has 0 heteroatoms. The maximum atomic E-state index is 3.16. The first-order valence-electron chi connectivity index (χ1n) is 4.74. The van der Waals surface area contributed by atoms with Crippen LogP contribution in [0.2, 0.25) is 0 Å². The van der Waals surface area contributed by atoms with Gasteiger partial charge in [0.25, 0.3) is 0 Å². The Morgan fingerprint density at radius 1 is 1.25 bits per heavy atom. The number of unbranched alkanes of at least 4 members (excludes halogenated alkanes) is 2. The van der Waals surface area contributed by atoms with E-state index in [4.69, 9.17) is 0 Å². The van der Waals surface area contributed by atoms with E-state index in [-0.39, 0.29) is 5.41 Å². The first-order valence-corrected chi connectivity index (χ1v) is 4.74. The van der Waals surface area contributed by atoms with Crippen molar-refractivity contribution in [1.82, 2.24) is 0 Å². The molecular weight excluding hydrogens is 144 g/mol. The van der Waals surface area contributed by atoms with Gasteiger partial charge >= 0.3 is 0 Å². The van der Waals surface area contributed by atoms with Crippen molar-refractivity contribution in [3.8, 4) is 11.8 Å². The van der Waals surface area contributed by atoms with Crippen LogP contribution in [0.1, 0.15) is 47.0 Å². The predicted molar refractivity (Wildman–Crippen MR) is 55.9 cm³/mol. The molecule has 12 heavy (non-hydrogen) atoms. The van der Waals surface area contributed by atoms with Gasteiger partial charge in [-0.15, -0.1) is 0 Å². The Morgan fingerprint density at radius 2 is 1.92 bits per heavy atom. The molecule has 0 saturated carbocycles. The summed E-state index contributed by atoms with van der Waals surface area (Å²) in [6.07, 6.45) is 7.82. The van der Waals surface area contributed by atoms with Crippen molar-refractivity contribution in [3.63, 3.8) is 0 Å². The zero-order valence-electron chi connectivity index (χ0n) is 8.78. The van der Waals surface area contributed by atoms with E-state index in [0.29, 0.717) is 0 Å². The number of hydrogen-bond acceptors (Lipinski definition) is 0. The number of rotatable bonds is 3. The summed E-state index contributed by atoms with van der Waals surface area (Å²) in [5.41, 5.74) is 0.134. The van der Waals surface area contributed by atoms with Gasteiger partial charge in [-0.05, 0) is 33.3 Å². The molecule has 0 atom stereocenters. The third-order valence-corrected chi connectivity index (χ3v) is 1.37. The predicted octanol–water partition coefficient (Wildman–Crippen LogP) is 3.78. The van der Waals surface area contributed by atoms with Gasteiger partial charge < -0.3 is 0 Å². The van der Waals surface area contributed by atoms with Gasteiger partial charge in [0.05, 0.1) is 0 Å². The van der Waals surface area contributed by atoms with Crippen molar-refractivity contribution in [2.75, 3.05) is 0 Å². The van der Waals surface area contributed by atoms with E-state index in [1.54, 1.807) is 0 Å². The Balaban J connectivity index is 3.63. The molecule has 0 amide bonds. The average molecular weight is 164 g/mol. The van der Waals surface area contributed by atoms with Crippen LogP contribution in [0.15, 0.2) is 12.2 Å². The van der Waals surface area contributed by atoms with Crippen LogP contribution in [0.4, 0.5) is 0 Å². The summed E-state index contributed by atoms with van der Waals surface area (Å²) in [6.45, 7) is 8.58. The number of allylic oxidation sites excluding steroid dienone is 2. The van der Waals surface area contributed by atoms with E-state index in [0.717, 1.165) is 6.42 Å². The summed E-state index contributed by atoms with van der Waals surface area (Å²) < 4.78 is 0. The van der Waals surface area contributed by atoms with E-state index in [1.807, 2.05) is 6.08 Å². The average Bonchev–Trinajstić information content (AvgIpc) is 1.94. The lowest BCUT2D eigenvalue weighted by atomic mass is 9.98. The molecule has 0 unspecified atom stereocenters. The molecule has 0 aromatic rings. The van der Waals surface area contributed by atoms with Crippen LogP contribution in [-0.2, 0) is 0 Å². The SMILES string of the molecule is CCCC/C=C/C#CC(C)(C)C. The Kier molecular flexibility index (Phi) is 5.54. The molecule has 0 radical (unpaired) electrons. The number of hydrogen-bond donors (Lipinski definition) is 0. The quantitative estimate of drug-likeness (QED) is 0.440. The van der Waals surface area contributed by atoms with E-state index < -0.39 is 0 Å². The first-order chi connectivity index (χ1) is 5.56. The van der Waals surface area contributed by atoms with Crippen LogP contribution in [0, 0.1) is 17.3 Å². The highest BCUT2D eigenvalue weighted by molar-refractivity contribution is 5.18. The monoisotopic (exact) mass is 164 g/mol. The van der Waals surface area contributed by atoms with Crippen LogP contribution in [-0.4, -0.2) is 0 Å². The van der Waals surface area contributed by atoms with Crippen molar-refractivity contribution in [2.45, 2.75) is 47.0 Å². The molecule has 0 aliphatic rings. The molecule has 0 heterocycles. The molecule has 0 aliphatic carbocycles. The molecule has 0 fully saturated rings. The summed E-state index contributed by atoms with van der Waals surface area (Å²) in [7, 11) is 0. The van der Waals surface area contributed by atoms with Gasteiger partial charge in [-0.3, -0.25) is 0 Å². The first kappa shape index (κ1) is 11.3. The lowest BCUT2D eigenvalue weighted by molar-refractivity contribution is 0.571. The molecule has 0 aromatic heterocycles. The Morgan fingerprint density at radius 3 is 2.42 bits per heavy atom. The second-order valence-electron chi connectivity index (χ2n) is 4.06. The van der Waals surface area contributed by atoms with Gasteiger partial charge in [0.15, 0.2) is 0 Å². The van der Waals surface area contributed by atoms with Crippen LogP contribution in [0.25, 0.3) is 0 Å². The summed E-state index contributed by atoms with van der Waals surface area (Å²) in [4.78, 5) is 0. The van der Waals surface area contributed by atoms with Gasteiger partial charge in [0.1, 0.15) is 0 Å². The second kappa shape index (κ2) is 5.89. The van der Waals surface area contributed by atoms with Crippen LogP contribution < -0.4 is 0 Å². The van der Waals surface area contributed by atoms with Gasteiger partial charge in [-0.1, -0.05) is 37.7 Å². The standard InChI is InChI=1S/C12H20/c1-5-6-7-8-9-10-11-12(2,3)4/h8-9H,5-7H2,1-4H3/b9-8+. The minimum atomic E-state index is 0.134. The Hall–Kier alpha value is -0.700. The zero-order chi connectivity index (χ0) is 9.45. The summed E-state index contributed by atoms with van der Waals surface area (Å²) in [5, 5.41) is 0. The molecular formula is C12H20. The lowest BCUT2D eigenvalue weighted by Gasteiger charge is -2.05. The summed E-state index contributed by atoms with van der Waals surface area (Å²) in [5.74, 6) is 6.22. The fraction of sp³-hybridized carbons (Fsp3) is 0.667. The smallest absolute Gasteiger partial charge is 0.0233 e. The van der Waals surface area contributed by atoms with Gasteiger partial charge in [0.2, 0.25) is 0 Å². The fourth-order valence-corrected chi connectivity index (χ4v) is 0.722. The highest BCUT2D eigenvalue weighted by Crippen LogP contribution is 2.09. The molecule has 0 saturated heterocycles. The molecule has 0 nitrogen and oxygen atoms in total. The highest BCUT2D eigenvalue weighted by Gasteiger charge is 2.01. The van der Waals surface area contributed by atoms with Gasteiger partial charge in [0, 0.05) is 5.41 Å². The van der Waals surface area contributed by atoms with Crippen molar-refractivity contribution in [1.29, 1.82) is 0 Å². The van der Waals surface area contributed by atoms with E-state index >= 15 is 0 Å².